The molecule has 1 aromatic heterocycles. The zero-order valence-corrected chi connectivity index (χ0v) is 11.0. The Labute approximate surface area is 110 Å². The van der Waals surface area contributed by atoms with E-state index in [1.54, 1.807) is 12.3 Å². The number of rotatable bonds is 5. The van der Waals surface area contributed by atoms with Crippen molar-refractivity contribution in [2.24, 2.45) is 0 Å². The molecule has 0 unspecified atom stereocenters. The number of pyridine rings is 1. The van der Waals surface area contributed by atoms with Gasteiger partial charge in [0.05, 0.1) is 7.11 Å². The molecule has 1 N–H and O–H groups in total. The number of methoxy groups -OCH3 is 1. The van der Waals surface area contributed by atoms with Crippen molar-refractivity contribution >= 4 is 23.5 Å². The highest BCUT2D eigenvalue weighted by molar-refractivity contribution is 6.17. The van der Waals surface area contributed by atoms with Gasteiger partial charge in [-0.15, -0.1) is 11.6 Å². The first-order valence-electron chi connectivity index (χ1n) is 5.41. The average Bonchev–Trinajstić information content (AvgIpc) is 2.37. The Morgan fingerprint density at radius 2 is 2.22 bits per heavy atom. The van der Waals surface area contributed by atoms with E-state index in [9.17, 15) is 9.59 Å². The third-order valence-electron chi connectivity index (χ3n) is 2.32. The normalized spacial score (nSPS) is 11.7. The number of carbonyl (C=O) groups is 2. The van der Waals surface area contributed by atoms with E-state index < -0.39 is 12.0 Å². The van der Waals surface area contributed by atoms with Gasteiger partial charge in [0.25, 0.3) is 0 Å². The van der Waals surface area contributed by atoms with E-state index in [1.165, 1.54) is 14.0 Å². The van der Waals surface area contributed by atoms with Gasteiger partial charge >= 0.3 is 5.97 Å². The highest BCUT2D eigenvalue weighted by Crippen LogP contribution is 2.06. The summed E-state index contributed by atoms with van der Waals surface area (Å²) in [5, 5.41) is 2.53. The highest BCUT2D eigenvalue weighted by Gasteiger charge is 2.20. The standard InChI is InChI=1S/C12H15ClN2O3/c1-8(16)15-11(12(17)18-2)5-10-4-3-9(6-13)7-14-10/h3-4,7,11H,5-6H2,1-2H3,(H,15,16)/t11-/m0/s1. The smallest absolute Gasteiger partial charge is 0.328 e. The molecular formula is C12H15ClN2O3. The van der Waals surface area contributed by atoms with Gasteiger partial charge in [-0.3, -0.25) is 9.78 Å². The fourth-order valence-electron chi connectivity index (χ4n) is 1.44. The van der Waals surface area contributed by atoms with Crippen LogP contribution in [-0.2, 0) is 26.6 Å². The molecule has 1 amide bonds. The molecular weight excluding hydrogens is 256 g/mol. The molecule has 0 bridgehead atoms. The summed E-state index contributed by atoms with van der Waals surface area (Å²) in [4.78, 5) is 26.7. The average molecular weight is 271 g/mol. The van der Waals surface area contributed by atoms with E-state index in [1.807, 2.05) is 6.07 Å². The first-order chi connectivity index (χ1) is 8.56. The number of halogens is 1. The molecule has 6 heteroatoms. The number of alkyl halides is 1. The second kappa shape index (κ2) is 6.96. The molecule has 0 aliphatic rings. The maximum absolute atomic E-state index is 11.5. The molecule has 1 atom stereocenters. The van der Waals surface area contributed by atoms with Crippen molar-refractivity contribution in [2.75, 3.05) is 7.11 Å². The fraction of sp³-hybridized carbons (Fsp3) is 0.417. The molecule has 1 heterocycles. The topological polar surface area (TPSA) is 68.3 Å². The molecule has 0 saturated heterocycles. The van der Waals surface area contributed by atoms with Crippen LogP contribution in [0.3, 0.4) is 0 Å². The molecule has 98 valence electrons. The third-order valence-corrected chi connectivity index (χ3v) is 2.63. The monoisotopic (exact) mass is 270 g/mol. The number of nitrogens with zero attached hydrogens (tertiary/aromatic N) is 1. The van der Waals surface area contributed by atoms with Gasteiger partial charge in [-0.1, -0.05) is 6.07 Å². The van der Waals surface area contributed by atoms with Gasteiger partial charge in [-0.25, -0.2) is 4.79 Å². The Bertz CT molecular complexity index is 420. The van der Waals surface area contributed by atoms with Crippen LogP contribution in [0.4, 0.5) is 0 Å². The maximum atomic E-state index is 11.5. The number of aromatic nitrogens is 1. The number of amides is 1. The number of ether oxygens (including phenoxy) is 1. The lowest BCUT2D eigenvalue weighted by molar-refractivity contribution is -0.144. The molecule has 0 aliphatic heterocycles. The molecule has 1 rings (SSSR count). The summed E-state index contributed by atoms with van der Waals surface area (Å²) in [6.45, 7) is 1.35. The number of hydrogen-bond acceptors (Lipinski definition) is 4. The Balaban J connectivity index is 2.75. The second-order valence-electron chi connectivity index (χ2n) is 3.77. The quantitative estimate of drug-likeness (QED) is 0.641. The summed E-state index contributed by atoms with van der Waals surface area (Å²) >= 11 is 5.66. The van der Waals surface area contributed by atoms with Crippen LogP contribution in [0.25, 0.3) is 0 Å². The maximum Gasteiger partial charge on any atom is 0.328 e. The summed E-state index contributed by atoms with van der Waals surface area (Å²) in [6, 6.07) is 2.88. The van der Waals surface area contributed by atoms with Crippen molar-refractivity contribution in [3.63, 3.8) is 0 Å². The van der Waals surface area contributed by atoms with Crippen LogP contribution >= 0.6 is 11.6 Å². The van der Waals surface area contributed by atoms with Crippen molar-refractivity contribution in [3.8, 4) is 0 Å². The van der Waals surface area contributed by atoms with E-state index in [4.69, 9.17) is 11.6 Å². The minimum atomic E-state index is -0.721. The largest absolute Gasteiger partial charge is 0.467 e. The Kier molecular flexibility index (Phi) is 5.58. The Hall–Kier alpha value is -1.62. The Morgan fingerprint density at radius 3 is 2.67 bits per heavy atom. The van der Waals surface area contributed by atoms with Crippen molar-refractivity contribution in [3.05, 3.63) is 29.6 Å². The Morgan fingerprint density at radius 1 is 1.50 bits per heavy atom. The van der Waals surface area contributed by atoms with Crippen LogP contribution in [0, 0.1) is 0 Å². The van der Waals surface area contributed by atoms with Crippen molar-refractivity contribution < 1.29 is 14.3 Å². The van der Waals surface area contributed by atoms with Crippen LogP contribution in [-0.4, -0.2) is 30.0 Å². The van der Waals surface area contributed by atoms with Crippen LogP contribution in [0.1, 0.15) is 18.2 Å². The van der Waals surface area contributed by atoms with Gasteiger partial charge in [-0.2, -0.15) is 0 Å². The van der Waals surface area contributed by atoms with Gasteiger partial charge in [0.15, 0.2) is 0 Å². The molecule has 1 aromatic rings. The van der Waals surface area contributed by atoms with E-state index in [2.05, 4.69) is 15.0 Å². The molecule has 0 aromatic carbocycles. The predicted molar refractivity (Wildman–Crippen MR) is 67.1 cm³/mol. The number of carbonyl (C=O) groups excluding carboxylic acids is 2. The molecule has 0 aliphatic carbocycles. The summed E-state index contributed by atoms with van der Waals surface area (Å²) in [6.07, 6.45) is 1.93. The van der Waals surface area contributed by atoms with E-state index >= 15 is 0 Å². The third kappa shape index (κ3) is 4.33. The SMILES string of the molecule is COC(=O)[C@H](Cc1ccc(CCl)cn1)NC(C)=O. The first kappa shape index (κ1) is 14.4. The number of hydrogen-bond donors (Lipinski definition) is 1. The van der Waals surface area contributed by atoms with Crippen LogP contribution in [0.5, 0.6) is 0 Å². The highest BCUT2D eigenvalue weighted by atomic mass is 35.5. The summed E-state index contributed by atoms with van der Waals surface area (Å²) < 4.78 is 4.63. The van der Waals surface area contributed by atoms with Crippen LogP contribution in [0.15, 0.2) is 18.3 Å². The second-order valence-corrected chi connectivity index (χ2v) is 4.04. The van der Waals surface area contributed by atoms with Crippen LogP contribution in [0.2, 0.25) is 0 Å². The molecule has 0 radical (unpaired) electrons. The molecule has 18 heavy (non-hydrogen) atoms. The van der Waals surface area contributed by atoms with E-state index in [0.29, 0.717) is 11.6 Å². The molecule has 0 spiro atoms. The number of esters is 1. The van der Waals surface area contributed by atoms with Crippen LogP contribution < -0.4 is 5.32 Å². The summed E-state index contributed by atoms with van der Waals surface area (Å²) in [5.41, 5.74) is 1.59. The van der Waals surface area contributed by atoms with Gasteiger partial charge < -0.3 is 10.1 Å². The zero-order chi connectivity index (χ0) is 13.5. The summed E-state index contributed by atoms with van der Waals surface area (Å²) in [5.74, 6) is -0.393. The minimum absolute atomic E-state index is 0.287. The minimum Gasteiger partial charge on any atom is -0.467 e. The number of nitrogens with one attached hydrogen (secondary N) is 1. The zero-order valence-electron chi connectivity index (χ0n) is 10.3. The lowest BCUT2D eigenvalue weighted by atomic mass is 10.1. The summed E-state index contributed by atoms with van der Waals surface area (Å²) in [7, 11) is 1.28. The van der Waals surface area contributed by atoms with E-state index in [-0.39, 0.29) is 12.3 Å². The predicted octanol–water partition coefficient (Wildman–Crippen LogP) is 1.04. The fourth-order valence-corrected chi connectivity index (χ4v) is 1.60. The first-order valence-corrected chi connectivity index (χ1v) is 5.95. The van der Waals surface area contributed by atoms with Gasteiger partial charge in [0, 0.05) is 31.1 Å². The lowest BCUT2D eigenvalue weighted by Gasteiger charge is -2.14. The molecule has 0 fully saturated rings. The van der Waals surface area contributed by atoms with Gasteiger partial charge in [-0.05, 0) is 11.6 Å². The lowest BCUT2D eigenvalue weighted by Crippen LogP contribution is -2.42. The van der Waals surface area contributed by atoms with Crippen molar-refractivity contribution in [1.29, 1.82) is 0 Å². The molecule has 0 saturated carbocycles. The van der Waals surface area contributed by atoms with Crippen molar-refractivity contribution in [2.45, 2.75) is 25.3 Å². The van der Waals surface area contributed by atoms with E-state index in [0.717, 1.165) is 5.56 Å². The molecule has 5 nitrogen and oxygen atoms in total. The van der Waals surface area contributed by atoms with Crippen molar-refractivity contribution in [1.82, 2.24) is 10.3 Å². The van der Waals surface area contributed by atoms with Gasteiger partial charge in [0.1, 0.15) is 6.04 Å². The van der Waals surface area contributed by atoms with Gasteiger partial charge in [0.2, 0.25) is 5.91 Å².